The van der Waals surface area contributed by atoms with Gasteiger partial charge in [-0.15, -0.1) is 0 Å². The second-order valence-corrected chi connectivity index (χ2v) is 13.2. The third kappa shape index (κ3) is 3.34. The van der Waals surface area contributed by atoms with Crippen molar-refractivity contribution in [2.75, 3.05) is 0 Å². The summed E-state index contributed by atoms with van der Waals surface area (Å²) in [7, 11) is 2.19. The van der Waals surface area contributed by atoms with Gasteiger partial charge < -0.3 is 8.97 Å². The minimum Gasteiger partial charge on any atom is -0.343 e. The number of rotatable bonds is 2. The van der Waals surface area contributed by atoms with E-state index in [-0.39, 0.29) is 0 Å². The lowest BCUT2D eigenvalue weighted by molar-refractivity contribution is 1.02. The smallest absolute Gasteiger partial charge is 0.156 e. The molecule has 0 aliphatic heterocycles. The van der Waals surface area contributed by atoms with Crippen molar-refractivity contribution >= 4 is 93.3 Å². The summed E-state index contributed by atoms with van der Waals surface area (Å²) in [5.41, 5.74) is 11.6. The average Bonchev–Trinajstić information content (AvgIpc) is 3.58. The zero-order valence-electron chi connectivity index (χ0n) is 25.9. The van der Waals surface area contributed by atoms with Crippen LogP contribution in [0.4, 0.5) is 0 Å². The summed E-state index contributed by atoms with van der Waals surface area (Å²) >= 11 is 6.86. The number of halogens is 1. The van der Waals surface area contributed by atoms with Crippen molar-refractivity contribution in [3.8, 4) is 22.4 Å². The van der Waals surface area contributed by atoms with Gasteiger partial charge in [0.2, 0.25) is 0 Å². The van der Waals surface area contributed by atoms with Crippen LogP contribution in [0.1, 0.15) is 0 Å². The number of fused-ring (bicyclic) bond motifs is 8. The lowest BCUT2D eigenvalue weighted by Gasteiger charge is -2.11. The number of aryl methyl sites for hydroxylation is 1. The predicted octanol–water partition coefficient (Wildman–Crippen LogP) is 11.6. The standard InChI is InChI=1S/C43H25ClN4/c1-47-37-21-19-32-30-11-5-7-13-36(30)48-35-12-6-4-10-29(35)31-18-17-28(41(47)38(31)39(37)42(32)48)26-16-20-33-34(23-26)46-43(44)40(45-33)27-15-14-24-8-2-3-9-25(24)22-27/h2-23H,1H3. The first-order valence-corrected chi connectivity index (χ1v) is 16.6. The molecule has 11 rings (SSSR count). The molecule has 0 aliphatic rings. The Bertz CT molecular complexity index is 3150. The third-order valence-electron chi connectivity index (χ3n) is 10.3. The number of nitrogens with zero attached hydrogens (tertiary/aromatic N) is 4. The first-order valence-electron chi connectivity index (χ1n) is 16.2. The zero-order valence-corrected chi connectivity index (χ0v) is 26.6. The molecule has 0 aliphatic carbocycles. The van der Waals surface area contributed by atoms with Crippen molar-refractivity contribution in [1.29, 1.82) is 0 Å². The van der Waals surface area contributed by atoms with Crippen LogP contribution in [-0.2, 0) is 7.05 Å². The van der Waals surface area contributed by atoms with Crippen LogP contribution in [-0.4, -0.2) is 18.9 Å². The van der Waals surface area contributed by atoms with Crippen molar-refractivity contribution < 1.29 is 0 Å². The molecule has 11 aromatic rings. The molecule has 0 saturated heterocycles. The Morgan fingerprint density at radius 2 is 1.21 bits per heavy atom. The topological polar surface area (TPSA) is 35.1 Å². The Morgan fingerprint density at radius 3 is 2.04 bits per heavy atom. The monoisotopic (exact) mass is 632 g/mol. The summed E-state index contributed by atoms with van der Waals surface area (Å²) in [5.74, 6) is 0. The van der Waals surface area contributed by atoms with E-state index in [1.807, 2.05) is 6.07 Å². The molecule has 4 nitrogen and oxygen atoms in total. The summed E-state index contributed by atoms with van der Waals surface area (Å²) in [6, 6.07) is 47.7. The first kappa shape index (κ1) is 26.1. The van der Waals surface area contributed by atoms with Gasteiger partial charge in [-0.05, 0) is 58.1 Å². The van der Waals surface area contributed by atoms with Crippen LogP contribution in [0.3, 0.4) is 0 Å². The molecular formula is C43H25ClN4. The lowest BCUT2D eigenvalue weighted by atomic mass is 9.97. The maximum atomic E-state index is 6.86. The summed E-state index contributed by atoms with van der Waals surface area (Å²) in [6.45, 7) is 0. The lowest BCUT2D eigenvalue weighted by Crippen LogP contribution is -1.94. The van der Waals surface area contributed by atoms with Crippen molar-refractivity contribution in [1.82, 2.24) is 18.9 Å². The number of aromatic nitrogens is 4. The molecule has 0 unspecified atom stereocenters. The van der Waals surface area contributed by atoms with Gasteiger partial charge in [-0.2, -0.15) is 0 Å². The normalized spacial score (nSPS) is 12.4. The maximum Gasteiger partial charge on any atom is 0.156 e. The Labute approximate surface area is 279 Å². The van der Waals surface area contributed by atoms with E-state index in [4.69, 9.17) is 21.6 Å². The second kappa shape index (κ2) is 9.31. The van der Waals surface area contributed by atoms with Gasteiger partial charge in [-0.25, -0.2) is 9.97 Å². The Morgan fingerprint density at radius 1 is 0.500 bits per heavy atom. The van der Waals surface area contributed by atoms with E-state index in [2.05, 4.69) is 143 Å². The molecule has 4 heterocycles. The number of hydrogen-bond donors (Lipinski definition) is 0. The molecule has 4 aromatic heterocycles. The Hall–Kier alpha value is -5.97. The maximum absolute atomic E-state index is 6.86. The molecule has 0 fully saturated rings. The molecule has 0 radical (unpaired) electrons. The van der Waals surface area contributed by atoms with Crippen LogP contribution < -0.4 is 0 Å². The molecule has 0 bridgehead atoms. The van der Waals surface area contributed by atoms with E-state index in [9.17, 15) is 0 Å². The van der Waals surface area contributed by atoms with E-state index < -0.39 is 0 Å². The Kier molecular flexibility index (Phi) is 5.07. The summed E-state index contributed by atoms with van der Waals surface area (Å²) in [4.78, 5) is 9.91. The average molecular weight is 633 g/mol. The van der Waals surface area contributed by atoms with Crippen LogP contribution in [0, 0.1) is 0 Å². The fraction of sp³-hybridized carbons (Fsp3) is 0.0233. The SMILES string of the molecule is Cn1c2ccc3c4ccccc4n4c5ccccc5c5ccc(-c6ccc7nc(-c8ccc9ccccc9c8)c(Cl)nc7c6)c1c5c2c34. The van der Waals surface area contributed by atoms with Crippen LogP contribution >= 0.6 is 11.6 Å². The van der Waals surface area contributed by atoms with Crippen LogP contribution in [0.2, 0.25) is 5.15 Å². The minimum absolute atomic E-state index is 0.401. The van der Waals surface area contributed by atoms with Crippen molar-refractivity contribution in [2.24, 2.45) is 7.05 Å². The van der Waals surface area contributed by atoms with Gasteiger partial charge >= 0.3 is 0 Å². The van der Waals surface area contributed by atoms with E-state index in [0.717, 1.165) is 33.1 Å². The minimum atomic E-state index is 0.401. The van der Waals surface area contributed by atoms with Gasteiger partial charge in [0.1, 0.15) is 5.69 Å². The van der Waals surface area contributed by atoms with Crippen LogP contribution in [0.15, 0.2) is 133 Å². The van der Waals surface area contributed by atoms with Gasteiger partial charge in [-0.3, -0.25) is 0 Å². The molecule has 224 valence electrons. The molecule has 0 saturated carbocycles. The summed E-state index contributed by atoms with van der Waals surface area (Å²) < 4.78 is 4.84. The fourth-order valence-electron chi connectivity index (χ4n) is 8.21. The van der Waals surface area contributed by atoms with Crippen LogP contribution in [0.5, 0.6) is 0 Å². The molecule has 0 spiro atoms. The van der Waals surface area contributed by atoms with Crippen LogP contribution in [0.25, 0.3) is 104 Å². The van der Waals surface area contributed by atoms with Crippen molar-refractivity contribution in [3.05, 3.63) is 139 Å². The predicted molar refractivity (Wildman–Crippen MR) is 202 cm³/mol. The van der Waals surface area contributed by atoms with Crippen molar-refractivity contribution in [3.63, 3.8) is 0 Å². The second-order valence-electron chi connectivity index (χ2n) is 12.8. The first-order chi connectivity index (χ1) is 23.6. The molecular weight excluding hydrogens is 608 g/mol. The van der Waals surface area contributed by atoms with Gasteiger partial charge in [0.15, 0.2) is 5.15 Å². The number of hydrogen-bond acceptors (Lipinski definition) is 2. The number of para-hydroxylation sites is 2. The number of benzene rings is 7. The van der Waals surface area contributed by atoms with Crippen molar-refractivity contribution in [2.45, 2.75) is 0 Å². The molecule has 7 aromatic carbocycles. The van der Waals surface area contributed by atoms with E-state index in [0.29, 0.717) is 10.8 Å². The van der Waals surface area contributed by atoms with Gasteiger partial charge in [0.05, 0.1) is 38.6 Å². The Balaban J connectivity index is 1.19. The van der Waals surface area contributed by atoms with Gasteiger partial charge in [-0.1, -0.05) is 109 Å². The van der Waals surface area contributed by atoms with Gasteiger partial charge in [0.25, 0.3) is 0 Å². The van der Waals surface area contributed by atoms with E-state index in [1.165, 1.54) is 65.3 Å². The quantitative estimate of drug-likeness (QED) is 0.190. The van der Waals surface area contributed by atoms with E-state index in [1.54, 1.807) is 0 Å². The van der Waals surface area contributed by atoms with Gasteiger partial charge in [0, 0.05) is 45.1 Å². The summed E-state index contributed by atoms with van der Waals surface area (Å²) in [5, 5.41) is 10.3. The summed E-state index contributed by atoms with van der Waals surface area (Å²) in [6.07, 6.45) is 0. The van der Waals surface area contributed by atoms with E-state index >= 15 is 0 Å². The highest BCUT2D eigenvalue weighted by Gasteiger charge is 2.23. The molecule has 48 heavy (non-hydrogen) atoms. The molecule has 0 atom stereocenters. The highest BCUT2D eigenvalue weighted by Crippen LogP contribution is 2.46. The largest absolute Gasteiger partial charge is 0.343 e. The highest BCUT2D eigenvalue weighted by atomic mass is 35.5. The zero-order chi connectivity index (χ0) is 31.7. The third-order valence-corrected chi connectivity index (χ3v) is 10.6. The highest BCUT2D eigenvalue weighted by molar-refractivity contribution is 6.34. The molecule has 5 heteroatoms. The fourth-order valence-corrected chi connectivity index (χ4v) is 8.45. The molecule has 0 amide bonds. The molecule has 0 N–H and O–H groups in total.